The third-order valence-electron chi connectivity index (χ3n) is 2.45. The van der Waals surface area contributed by atoms with Gasteiger partial charge in [-0.15, -0.1) is 0 Å². The molecule has 102 valence electrons. The van der Waals surface area contributed by atoms with Crippen molar-refractivity contribution in [1.29, 1.82) is 0 Å². The first-order valence-electron chi connectivity index (χ1n) is 5.75. The summed E-state index contributed by atoms with van der Waals surface area (Å²) in [6.45, 7) is 0. The molecule has 2 aromatic carbocycles. The first-order valence-corrected chi connectivity index (χ1v) is 7.34. The highest BCUT2D eigenvalue weighted by Gasteiger charge is 2.08. The molecule has 2 aromatic rings. The maximum atomic E-state index is 11.5. The van der Waals surface area contributed by atoms with Gasteiger partial charge >= 0.3 is 0 Å². The molecule has 0 spiro atoms. The van der Waals surface area contributed by atoms with Crippen molar-refractivity contribution in [2.75, 3.05) is 0 Å². The van der Waals surface area contributed by atoms with Crippen LogP contribution >= 0.6 is 31.9 Å². The number of benzene rings is 2. The summed E-state index contributed by atoms with van der Waals surface area (Å²) in [6.07, 6.45) is 1.61. The molecule has 3 nitrogen and oxygen atoms in total. The Morgan fingerprint density at radius 3 is 1.95 bits per heavy atom. The highest BCUT2D eigenvalue weighted by Crippen LogP contribution is 2.20. The van der Waals surface area contributed by atoms with E-state index in [4.69, 9.17) is 10.5 Å². The van der Waals surface area contributed by atoms with Gasteiger partial charge in [-0.2, -0.15) is 0 Å². The summed E-state index contributed by atoms with van der Waals surface area (Å²) >= 11 is 6.69. The molecule has 2 N–H and O–H groups in total. The fraction of sp³-hybridized carbons (Fsp3) is 0. The van der Waals surface area contributed by atoms with Crippen molar-refractivity contribution < 1.29 is 9.53 Å². The zero-order chi connectivity index (χ0) is 14.5. The minimum Gasteiger partial charge on any atom is -0.452 e. The Hall–Kier alpha value is -1.59. The summed E-state index contributed by atoms with van der Waals surface area (Å²) in [5.74, 6) is 0.0286. The first-order chi connectivity index (χ1) is 9.54. The smallest absolute Gasteiger partial charge is 0.284 e. The molecule has 20 heavy (non-hydrogen) atoms. The molecular weight excluding hydrogens is 386 g/mol. The van der Waals surface area contributed by atoms with E-state index >= 15 is 0 Å². The van der Waals surface area contributed by atoms with Gasteiger partial charge in [-0.05, 0) is 48.0 Å². The molecule has 0 saturated heterocycles. The fourth-order valence-corrected chi connectivity index (χ4v) is 2.02. The number of halogens is 2. The zero-order valence-electron chi connectivity index (χ0n) is 10.3. The van der Waals surface area contributed by atoms with Crippen LogP contribution in [0.25, 0.3) is 6.08 Å². The van der Waals surface area contributed by atoms with Gasteiger partial charge < -0.3 is 10.5 Å². The first kappa shape index (κ1) is 14.8. The van der Waals surface area contributed by atoms with Crippen LogP contribution in [-0.4, -0.2) is 5.91 Å². The molecule has 2 rings (SSSR count). The van der Waals surface area contributed by atoms with E-state index in [1.165, 1.54) is 0 Å². The number of nitrogens with two attached hydrogens (primary N) is 1. The van der Waals surface area contributed by atoms with Crippen LogP contribution < -0.4 is 10.5 Å². The van der Waals surface area contributed by atoms with Crippen molar-refractivity contribution >= 4 is 43.8 Å². The summed E-state index contributed by atoms with van der Waals surface area (Å²) in [4.78, 5) is 11.5. The molecule has 0 fully saturated rings. The van der Waals surface area contributed by atoms with E-state index < -0.39 is 5.91 Å². The van der Waals surface area contributed by atoms with Crippen LogP contribution in [0.2, 0.25) is 0 Å². The van der Waals surface area contributed by atoms with E-state index in [2.05, 4.69) is 31.9 Å². The third kappa shape index (κ3) is 4.21. The lowest BCUT2D eigenvalue weighted by Crippen LogP contribution is -2.18. The largest absolute Gasteiger partial charge is 0.452 e. The van der Waals surface area contributed by atoms with Gasteiger partial charge in [-0.1, -0.05) is 44.0 Å². The predicted molar refractivity (Wildman–Crippen MR) is 86.1 cm³/mol. The summed E-state index contributed by atoms with van der Waals surface area (Å²) in [7, 11) is 0. The van der Waals surface area contributed by atoms with Crippen LogP contribution in [0.4, 0.5) is 0 Å². The van der Waals surface area contributed by atoms with E-state index in [1.54, 1.807) is 18.2 Å². The van der Waals surface area contributed by atoms with E-state index in [0.717, 1.165) is 14.5 Å². The van der Waals surface area contributed by atoms with Crippen LogP contribution in [0.5, 0.6) is 5.75 Å². The van der Waals surface area contributed by atoms with Crippen molar-refractivity contribution in [2.45, 2.75) is 0 Å². The lowest BCUT2D eigenvalue weighted by atomic mass is 10.2. The number of carbonyl (C=O) groups excluding carboxylic acids is 1. The number of hydrogen-bond acceptors (Lipinski definition) is 2. The highest BCUT2D eigenvalue weighted by atomic mass is 79.9. The molecule has 0 aromatic heterocycles. The normalized spacial score (nSPS) is 11.2. The predicted octanol–water partition coefficient (Wildman–Crippen LogP) is 4.12. The fourth-order valence-electron chi connectivity index (χ4n) is 1.49. The van der Waals surface area contributed by atoms with Crippen LogP contribution in [0.15, 0.2) is 63.2 Å². The molecule has 0 heterocycles. The molecule has 0 radical (unpaired) electrons. The van der Waals surface area contributed by atoms with Gasteiger partial charge in [0, 0.05) is 8.95 Å². The van der Waals surface area contributed by atoms with Gasteiger partial charge in [0.2, 0.25) is 0 Å². The quantitative estimate of drug-likeness (QED) is 0.624. The lowest BCUT2D eigenvalue weighted by molar-refractivity contribution is -0.116. The van der Waals surface area contributed by atoms with Crippen molar-refractivity contribution in [3.8, 4) is 5.75 Å². The number of primary amides is 1. The number of carbonyl (C=O) groups is 1. The standard InChI is InChI=1S/C15H11Br2NO2/c16-11-3-1-10(2-4-11)9-14(15(18)19)20-13-7-5-12(17)6-8-13/h1-9H,(H2,18,19)/b14-9-. The Morgan fingerprint density at radius 2 is 1.45 bits per heavy atom. The topological polar surface area (TPSA) is 52.3 Å². The van der Waals surface area contributed by atoms with E-state index in [9.17, 15) is 4.79 Å². The summed E-state index contributed by atoms with van der Waals surface area (Å²) in [5.41, 5.74) is 6.17. The molecule has 0 unspecified atom stereocenters. The van der Waals surface area contributed by atoms with Crippen molar-refractivity contribution in [1.82, 2.24) is 0 Å². The van der Waals surface area contributed by atoms with Crippen LogP contribution in [-0.2, 0) is 4.79 Å². The molecule has 0 aliphatic carbocycles. The molecule has 5 heteroatoms. The number of hydrogen-bond donors (Lipinski definition) is 1. The molecule has 0 atom stereocenters. The van der Waals surface area contributed by atoms with Gasteiger partial charge in [0.05, 0.1) is 0 Å². The van der Waals surface area contributed by atoms with Crippen LogP contribution in [0.3, 0.4) is 0 Å². The minimum atomic E-state index is -0.615. The maximum absolute atomic E-state index is 11.5. The molecule has 1 amide bonds. The second-order valence-corrected chi connectivity index (χ2v) is 5.81. The van der Waals surface area contributed by atoms with Crippen molar-refractivity contribution in [3.63, 3.8) is 0 Å². The minimum absolute atomic E-state index is 0.0923. The average molecular weight is 397 g/mol. The monoisotopic (exact) mass is 395 g/mol. The number of ether oxygens (including phenoxy) is 1. The zero-order valence-corrected chi connectivity index (χ0v) is 13.5. The maximum Gasteiger partial charge on any atom is 0.284 e. The molecule has 0 saturated carbocycles. The molecule has 0 aliphatic rings. The Bertz CT molecular complexity index is 634. The van der Waals surface area contributed by atoms with Gasteiger partial charge in [-0.3, -0.25) is 4.79 Å². The van der Waals surface area contributed by atoms with E-state index in [-0.39, 0.29) is 5.76 Å². The van der Waals surface area contributed by atoms with Crippen LogP contribution in [0, 0.1) is 0 Å². The Balaban J connectivity index is 2.25. The summed E-state index contributed by atoms with van der Waals surface area (Å²) < 4.78 is 7.41. The van der Waals surface area contributed by atoms with Crippen LogP contribution in [0.1, 0.15) is 5.56 Å². The van der Waals surface area contributed by atoms with Gasteiger partial charge in [0.15, 0.2) is 5.76 Å². The van der Waals surface area contributed by atoms with E-state index in [0.29, 0.717) is 5.75 Å². The SMILES string of the molecule is NC(=O)/C(=C/c1ccc(Br)cc1)Oc1ccc(Br)cc1. The Morgan fingerprint density at radius 1 is 0.950 bits per heavy atom. The second-order valence-electron chi connectivity index (χ2n) is 3.98. The number of amides is 1. The van der Waals surface area contributed by atoms with Crippen molar-refractivity contribution in [2.24, 2.45) is 5.73 Å². The molecule has 0 aliphatic heterocycles. The third-order valence-corrected chi connectivity index (χ3v) is 3.51. The second kappa shape index (κ2) is 6.72. The Kier molecular flexibility index (Phi) is 4.98. The summed E-state index contributed by atoms with van der Waals surface area (Å²) in [5, 5.41) is 0. The van der Waals surface area contributed by atoms with Gasteiger partial charge in [0.1, 0.15) is 5.75 Å². The van der Waals surface area contributed by atoms with Gasteiger partial charge in [0.25, 0.3) is 5.91 Å². The molecule has 0 bridgehead atoms. The van der Waals surface area contributed by atoms with Gasteiger partial charge in [-0.25, -0.2) is 0 Å². The average Bonchev–Trinajstić information content (AvgIpc) is 2.42. The summed E-state index contributed by atoms with van der Waals surface area (Å²) in [6, 6.07) is 14.6. The molecular formula is C15H11Br2NO2. The lowest BCUT2D eigenvalue weighted by Gasteiger charge is -2.07. The Labute approximate surface area is 133 Å². The highest BCUT2D eigenvalue weighted by molar-refractivity contribution is 9.10. The van der Waals surface area contributed by atoms with E-state index in [1.807, 2.05) is 36.4 Å². The number of rotatable bonds is 4. The van der Waals surface area contributed by atoms with Crippen molar-refractivity contribution in [3.05, 3.63) is 68.8 Å².